The Bertz CT molecular complexity index is 2950. The van der Waals surface area contributed by atoms with Gasteiger partial charge in [-0.3, -0.25) is 0 Å². The Hall–Kier alpha value is -5.70. The second kappa shape index (κ2) is 17.4. The number of hydrogen-bond donors (Lipinski definition) is 0. The molecule has 0 amide bonds. The first-order chi connectivity index (χ1) is 29.6. The summed E-state index contributed by atoms with van der Waals surface area (Å²) in [4.78, 5) is 9.80. The van der Waals surface area contributed by atoms with E-state index in [1.165, 1.54) is 50.0 Å². The van der Waals surface area contributed by atoms with E-state index in [9.17, 15) is 0 Å². The number of fused-ring (bicyclic) bond motifs is 3. The van der Waals surface area contributed by atoms with Gasteiger partial charge in [0.2, 0.25) is 0 Å². The SMILES string of the molecule is Cc1c(C)c(C)c(N2C=CN(c3[c-]c(C(c4[c-]c5c(cc4)c4ccccc4n5-c4cc(C(C)(C)C)ccn4)(c4ccccc4)c4ccccc4)cc(C(C)(C)C)c3)C2)c(C)c1C.[CH3-].[Pt]. The molecule has 1 aliphatic heterocycles. The fourth-order valence-electron chi connectivity index (χ4n) is 9.64. The molecule has 64 heavy (non-hydrogen) atoms. The van der Waals surface area contributed by atoms with Gasteiger partial charge in [0.15, 0.2) is 0 Å². The van der Waals surface area contributed by atoms with E-state index in [2.05, 4.69) is 236 Å². The molecule has 4 nitrogen and oxygen atoms in total. The number of rotatable bonds is 7. The van der Waals surface area contributed by atoms with Crippen LogP contribution in [-0.4, -0.2) is 16.2 Å². The van der Waals surface area contributed by atoms with Crippen molar-refractivity contribution in [1.29, 1.82) is 0 Å². The summed E-state index contributed by atoms with van der Waals surface area (Å²) >= 11 is 0. The third kappa shape index (κ3) is 7.72. The van der Waals surface area contributed by atoms with Crippen LogP contribution in [0.5, 0.6) is 0 Å². The van der Waals surface area contributed by atoms with Crippen molar-refractivity contribution in [2.24, 2.45) is 0 Å². The summed E-state index contributed by atoms with van der Waals surface area (Å²) in [5.74, 6) is 0.889. The van der Waals surface area contributed by atoms with E-state index in [1.54, 1.807) is 0 Å². The van der Waals surface area contributed by atoms with Gasteiger partial charge in [0.05, 0.1) is 6.67 Å². The van der Waals surface area contributed by atoms with Crippen LogP contribution in [0.2, 0.25) is 0 Å². The van der Waals surface area contributed by atoms with Crippen LogP contribution in [-0.2, 0) is 37.3 Å². The third-order valence-electron chi connectivity index (χ3n) is 13.7. The fraction of sp³-hybridized carbons (Fsp3) is 0.254. The largest absolute Gasteiger partial charge is 0.358 e. The molecule has 0 unspecified atom stereocenters. The zero-order valence-electron chi connectivity index (χ0n) is 39.6. The average Bonchev–Trinajstić information content (AvgIpc) is 3.89. The summed E-state index contributed by atoms with van der Waals surface area (Å²) in [5.41, 5.74) is 17.1. The number of aromatic nitrogens is 2. The molecule has 0 atom stereocenters. The van der Waals surface area contributed by atoms with E-state index < -0.39 is 5.41 Å². The second-order valence-corrected chi connectivity index (χ2v) is 19.4. The van der Waals surface area contributed by atoms with Crippen molar-refractivity contribution >= 4 is 33.2 Å². The Morgan fingerprint density at radius 1 is 0.516 bits per heavy atom. The molecule has 0 bridgehead atoms. The molecule has 1 aliphatic rings. The molecule has 3 heterocycles. The maximum atomic E-state index is 5.03. The second-order valence-electron chi connectivity index (χ2n) is 19.4. The summed E-state index contributed by atoms with van der Waals surface area (Å²) in [6, 6.07) is 52.7. The summed E-state index contributed by atoms with van der Waals surface area (Å²) < 4.78 is 2.31. The van der Waals surface area contributed by atoms with Crippen LogP contribution in [0.3, 0.4) is 0 Å². The van der Waals surface area contributed by atoms with E-state index in [4.69, 9.17) is 4.98 Å². The quantitative estimate of drug-likeness (QED) is 0.117. The van der Waals surface area contributed by atoms with Gasteiger partial charge < -0.3 is 21.8 Å². The first kappa shape index (κ1) is 46.3. The van der Waals surface area contributed by atoms with Gasteiger partial charge in [0.25, 0.3) is 0 Å². The molecule has 330 valence electrons. The number of benzene rings is 6. The minimum atomic E-state index is -0.795. The fourth-order valence-corrected chi connectivity index (χ4v) is 9.64. The monoisotopic (exact) mass is 1020 g/mol. The molecule has 9 rings (SSSR count). The van der Waals surface area contributed by atoms with Gasteiger partial charge in [-0.2, -0.15) is 35.9 Å². The van der Waals surface area contributed by atoms with Crippen molar-refractivity contribution in [1.82, 2.24) is 9.55 Å². The number of hydrogen-bond acceptors (Lipinski definition) is 3. The zero-order valence-corrected chi connectivity index (χ0v) is 41.9. The van der Waals surface area contributed by atoms with E-state index in [0.29, 0.717) is 6.67 Å². The smallest absolute Gasteiger partial charge is 0.135 e. The number of anilines is 2. The minimum Gasteiger partial charge on any atom is -0.358 e. The van der Waals surface area contributed by atoms with Crippen molar-refractivity contribution < 1.29 is 21.1 Å². The predicted molar refractivity (Wildman–Crippen MR) is 267 cm³/mol. The van der Waals surface area contributed by atoms with Crippen molar-refractivity contribution in [3.05, 3.63) is 221 Å². The molecule has 2 aromatic heterocycles. The number of pyridine rings is 1. The van der Waals surface area contributed by atoms with Gasteiger partial charge >= 0.3 is 0 Å². The van der Waals surface area contributed by atoms with Gasteiger partial charge in [-0.1, -0.05) is 132 Å². The van der Waals surface area contributed by atoms with Gasteiger partial charge in [0, 0.05) is 56.3 Å². The molecule has 6 aromatic carbocycles. The Balaban J connectivity index is 0.00000306. The molecule has 8 aromatic rings. The average molecular weight is 1020 g/mol. The molecule has 0 spiro atoms. The van der Waals surface area contributed by atoms with E-state index in [0.717, 1.165) is 50.2 Å². The maximum absolute atomic E-state index is 5.03. The molecular formula is C59H61N4Pt-3. The summed E-state index contributed by atoms with van der Waals surface area (Å²) in [6.07, 6.45) is 6.42. The summed E-state index contributed by atoms with van der Waals surface area (Å²) in [5, 5.41) is 2.32. The summed E-state index contributed by atoms with van der Waals surface area (Å²) in [7, 11) is 0. The van der Waals surface area contributed by atoms with Crippen LogP contribution >= 0.6 is 0 Å². The normalized spacial score (nSPS) is 13.1. The van der Waals surface area contributed by atoms with Crippen molar-refractivity contribution in [2.75, 3.05) is 16.5 Å². The molecule has 0 saturated carbocycles. The van der Waals surface area contributed by atoms with Crippen LogP contribution in [0, 0.1) is 54.2 Å². The van der Waals surface area contributed by atoms with Crippen molar-refractivity contribution in [3.63, 3.8) is 0 Å². The van der Waals surface area contributed by atoms with Crippen LogP contribution in [0.1, 0.15) is 103 Å². The molecular weight excluding hydrogens is 960 g/mol. The van der Waals surface area contributed by atoms with Crippen LogP contribution in [0.4, 0.5) is 11.4 Å². The number of para-hydroxylation sites is 1. The van der Waals surface area contributed by atoms with E-state index >= 15 is 0 Å². The molecule has 0 fully saturated rings. The van der Waals surface area contributed by atoms with Crippen molar-refractivity contribution in [3.8, 4) is 5.82 Å². The zero-order chi connectivity index (χ0) is 43.7. The van der Waals surface area contributed by atoms with Crippen LogP contribution in [0.15, 0.2) is 140 Å². The van der Waals surface area contributed by atoms with Gasteiger partial charge in [-0.05, 0) is 114 Å². The Kier molecular flexibility index (Phi) is 12.6. The first-order valence-electron chi connectivity index (χ1n) is 22.0. The first-order valence-corrected chi connectivity index (χ1v) is 22.0. The topological polar surface area (TPSA) is 24.3 Å². The molecule has 0 radical (unpaired) electrons. The molecule has 0 saturated heterocycles. The van der Waals surface area contributed by atoms with Gasteiger partial charge in [0.1, 0.15) is 5.82 Å². The Morgan fingerprint density at radius 2 is 1.08 bits per heavy atom. The summed E-state index contributed by atoms with van der Waals surface area (Å²) in [6.45, 7) is 25.7. The number of nitrogens with zero attached hydrogens (tertiary/aromatic N) is 4. The minimum absolute atomic E-state index is 0. The Morgan fingerprint density at radius 3 is 1.69 bits per heavy atom. The standard InChI is InChI=1S/C58H58N4.CH3.Pt/c1-38-39(2)41(4)55(42(5)40(38)3)61-31-30-60(37-61)49-33-47(57(9,10)11)32-48(34-49)58(43-20-14-12-15-21-43,44-22-16-13-17-23-44)46-26-27-51-50-24-18-19-25-52(50)62(53(51)35-46)54-36-45(28-29-59-54)56(6,7)8;;/h12-33,36H,37H2,1-11H3;1H3;/q-2;-1;. The molecule has 5 heteroatoms. The third-order valence-corrected chi connectivity index (χ3v) is 13.7. The maximum Gasteiger partial charge on any atom is 0.135 e. The van der Waals surface area contributed by atoms with Gasteiger partial charge in [-0.15, -0.1) is 22.6 Å². The molecule has 0 aliphatic carbocycles. The molecule has 0 N–H and O–H groups in total. The predicted octanol–water partition coefficient (Wildman–Crippen LogP) is 14.5. The van der Waals surface area contributed by atoms with E-state index in [1.807, 2.05) is 6.20 Å². The van der Waals surface area contributed by atoms with Crippen molar-refractivity contribution in [2.45, 2.75) is 92.4 Å². The van der Waals surface area contributed by atoms with Crippen LogP contribution < -0.4 is 9.80 Å². The van der Waals surface area contributed by atoms with Gasteiger partial charge in [-0.25, -0.2) is 4.98 Å². The van der Waals surface area contributed by atoms with Crippen LogP contribution in [0.25, 0.3) is 27.6 Å². The van der Waals surface area contributed by atoms with E-state index in [-0.39, 0.29) is 39.3 Å². The Labute approximate surface area is 397 Å².